The third-order valence-electron chi connectivity index (χ3n) is 1.97. The van der Waals surface area contributed by atoms with E-state index in [2.05, 4.69) is 4.74 Å². The summed E-state index contributed by atoms with van der Waals surface area (Å²) in [6, 6.07) is 1.63. The molecule has 0 unspecified atom stereocenters. The molecule has 0 saturated carbocycles. The maximum atomic E-state index is 13.0. The van der Waals surface area contributed by atoms with Crippen LogP contribution >= 0.6 is 0 Å². The number of hydrogen-bond acceptors (Lipinski definition) is 3. The Bertz CT molecular complexity index is 392. The Balaban J connectivity index is 3.02. The first-order valence-corrected chi connectivity index (χ1v) is 4.69. The lowest BCUT2D eigenvalue weighted by Crippen LogP contribution is -2.24. The fraction of sp³-hybridized carbons (Fsp3) is 0.400. The molecule has 2 atom stereocenters. The van der Waals surface area contributed by atoms with Crippen molar-refractivity contribution in [2.24, 2.45) is 5.73 Å². The number of nitrogens with two attached hydrogens (primary N) is 1. The van der Waals surface area contributed by atoms with Gasteiger partial charge in [-0.25, -0.2) is 4.39 Å². The van der Waals surface area contributed by atoms with Crippen LogP contribution in [0.1, 0.15) is 18.6 Å². The maximum Gasteiger partial charge on any atom is 0.573 e. The fourth-order valence-electron chi connectivity index (χ4n) is 1.25. The molecule has 0 aliphatic heterocycles. The van der Waals surface area contributed by atoms with Gasteiger partial charge < -0.3 is 15.6 Å². The Morgan fingerprint density at radius 1 is 1.29 bits per heavy atom. The van der Waals surface area contributed by atoms with Gasteiger partial charge in [0.15, 0.2) is 0 Å². The highest BCUT2D eigenvalue weighted by molar-refractivity contribution is 5.31. The average Bonchev–Trinajstić information content (AvgIpc) is 2.12. The van der Waals surface area contributed by atoms with Crippen LogP contribution in [0.5, 0.6) is 5.75 Å². The Hall–Kier alpha value is -1.34. The van der Waals surface area contributed by atoms with E-state index >= 15 is 0 Å². The second-order valence-electron chi connectivity index (χ2n) is 3.57. The molecule has 0 aliphatic carbocycles. The number of alkyl halides is 3. The van der Waals surface area contributed by atoms with Gasteiger partial charge in [0.2, 0.25) is 0 Å². The fourth-order valence-corrected chi connectivity index (χ4v) is 1.25. The molecule has 0 radical (unpaired) electrons. The van der Waals surface area contributed by atoms with Crippen LogP contribution in [0.15, 0.2) is 18.2 Å². The molecule has 0 heterocycles. The molecular weight excluding hydrogens is 242 g/mol. The number of rotatable bonds is 3. The van der Waals surface area contributed by atoms with E-state index in [1.54, 1.807) is 0 Å². The Morgan fingerprint density at radius 3 is 2.35 bits per heavy atom. The minimum atomic E-state index is -4.91. The highest BCUT2D eigenvalue weighted by atomic mass is 19.4. The highest BCUT2D eigenvalue weighted by Gasteiger charge is 2.31. The molecule has 1 aromatic rings. The first-order chi connectivity index (χ1) is 7.69. The molecule has 0 saturated heterocycles. The quantitative estimate of drug-likeness (QED) is 0.811. The van der Waals surface area contributed by atoms with Gasteiger partial charge in [-0.3, -0.25) is 0 Å². The minimum Gasteiger partial charge on any atom is -0.406 e. The molecule has 17 heavy (non-hydrogen) atoms. The number of hydrogen-bond donors (Lipinski definition) is 2. The van der Waals surface area contributed by atoms with E-state index in [-0.39, 0.29) is 5.56 Å². The first-order valence-electron chi connectivity index (χ1n) is 4.69. The molecule has 3 nitrogen and oxygen atoms in total. The predicted molar refractivity (Wildman–Crippen MR) is 51.7 cm³/mol. The van der Waals surface area contributed by atoms with Crippen molar-refractivity contribution in [1.82, 2.24) is 0 Å². The largest absolute Gasteiger partial charge is 0.573 e. The summed E-state index contributed by atoms with van der Waals surface area (Å²) in [6.07, 6.45) is -6.18. The summed E-state index contributed by atoms with van der Waals surface area (Å²) in [5.74, 6) is -1.67. The Morgan fingerprint density at radius 2 is 1.88 bits per heavy atom. The Kier molecular flexibility index (Phi) is 3.94. The van der Waals surface area contributed by atoms with Gasteiger partial charge in [0, 0.05) is 12.1 Å². The van der Waals surface area contributed by atoms with Crippen molar-refractivity contribution in [2.75, 3.05) is 0 Å². The minimum absolute atomic E-state index is 0.0701. The van der Waals surface area contributed by atoms with E-state index in [1.165, 1.54) is 6.92 Å². The number of benzene rings is 1. The van der Waals surface area contributed by atoms with E-state index in [4.69, 9.17) is 5.73 Å². The van der Waals surface area contributed by atoms with Crippen LogP contribution in [-0.2, 0) is 0 Å². The first kappa shape index (κ1) is 13.7. The maximum absolute atomic E-state index is 13.0. The zero-order valence-electron chi connectivity index (χ0n) is 8.83. The Labute approximate surface area is 94.8 Å². The summed E-state index contributed by atoms with van der Waals surface area (Å²) in [4.78, 5) is 0. The number of aliphatic hydroxyl groups is 1. The lowest BCUT2D eigenvalue weighted by Gasteiger charge is -2.16. The van der Waals surface area contributed by atoms with Crippen molar-refractivity contribution in [2.45, 2.75) is 25.4 Å². The lowest BCUT2D eigenvalue weighted by molar-refractivity contribution is -0.274. The molecule has 0 spiro atoms. The molecule has 96 valence electrons. The van der Waals surface area contributed by atoms with Crippen molar-refractivity contribution < 1.29 is 27.4 Å². The molecule has 7 heteroatoms. The average molecular weight is 253 g/mol. The summed E-state index contributed by atoms with van der Waals surface area (Å²) in [5, 5.41) is 9.52. The zero-order valence-corrected chi connectivity index (χ0v) is 8.83. The summed E-state index contributed by atoms with van der Waals surface area (Å²) < 4.78 is 52.4. The number of aliphatic hydroxyl groups excluding tert-OH is 1. The second kappa shape index (κ2) is 4.89. The van der Waals surface area contributed by atoms with Crippen LogP contribution in [0, 0.1) is 5.82 Å². The van der Waals surface area contributed by atoms with Crippen LogP contribution in [0.2, 0.25) is 0 Å². The van der Waals surface area contributed by atoms with Crippen LogP contribution in [0.4, 0.5) is 17.6 Å². The zero-order chi connectivity index (χ0) is 13.2. The van der Waals surface area contributed by atoms with Crippen LogP contribution in [-0.4, -0.2) is 17.5 Å². The molecule has 0 fully saturated rings. The third kappa shape index (κ3) is 4.20. The molecular formula is C10H11F4NO2. The molecule has 3 N–H and O–H groups in total. The summed E-state index contributed by atoms with van der Waals surface area (Å²) in [5.41, 5.74) is 5.29. The van der Waals surface area contributed by atoms with Gasteiger partial charge in [0.1, 0.15) is 11.6 Å². The summed E-state index contributed by atoms with van der Waals surface area (Å²) in [7, 11) is 0. The SMILES string of the molecule is C[C@H](N)[C@H](O)c1cc(F)cc(OC(F)(F)F)c1. The topological polar surface area (TPSA) is 55.5 Å². The van der Waals surface area contributed by atoms with Gasteiger partial charge in [-0.15, -0.1) is 13.2 Å². The van der Waals surface area contributed by atoms with Gasteiger partial charge in [-0.1, -0.05) is 0 Å². The predicted octanol–water partition coefficient (Wildman–Crippen LogP) is 2.10. The van der Waals surface area contributed by atoms with Gasteiger partial charge in [0.25, 0.3) is 0 Å². The second-order valence-corrected chi connectivity index (χ2v) is 3.57. The molecule has 1 aromatic carbocycles. The standard InChI is InChI=1S/C10H11F4NO2/c1-5(15)9(16)6-2-7(11)4-8(3-6)17-10(12,13)14/h2-5,9,16H,15H2,1H3/t5-,9-/m0/s1. The molecule has 0 aliphatic rings. The smallest absolute Gasteiger partial charge is 0.406 e. The van der Waals surface area contributed by atoms with Crippen LogP contribution in [0.25, 0.3) is 0 Å². The normalized spacial score (nSPS) is 15.5. The van der Waals surface area contributed by atoms with Gasteiger partial charge in [-0.05, 0) is 24.6 Å². The van der Waals surface area contributed by atoms with E-state index in [0.29, 0.717) is 6.07 Å². The van der Waals surface area contributed by atoms with Crippen molar-refractivity contribution >= 4 is 0 Å². The van der Waals surface area contributed by atoms with Crippen molar-refractivity contribution in [3.8, 4) is 5.75 Å². The number of ether oxygens (including phenoxy) is 1. The van der Waals surface area contributed by atoms with Crippen molar-refractivity contribution in [1.29, 1.82) is 0 Å². The van der Waals surface area contributed by atoms with Crippen molar-refractivity contribution in [3.63, 3.8) is 0 Å². The van der Waals surface area contributed by atoms with Crippen LogP contribution in [0.3, 0.4) is 0 Å². The molecule has 0 bridgehead atoms. The molecule has 0 amide bonds. The summed E-state index contributed by atoms with van der Waals surface area (Å²) in [6.45, 7) is 1.44. The highest BCUT2D eigenvalue weighted by Crippen LogP contribution is 2.27. The van der Waals surface area contributed by atoms with E-state index < -0.39 is 30.1 Å². The molecule has 0 aromatic heterocycles. The number of halogens is 4. The molecule has 1 rings (SSSR count). The van der Waals surface area contributed by atoms with Crippen LogP contribution < -0.4 is 10.5 Å². The summed E-state index contributed by atoms with van der Waals surface area (Å²) >= 11 is 0. The van der Waals surface area contributed by atoms with Gasteiger partial charge >= 0.3 is 6.36 Å². The third-order valence-corrected chi connectivity index (χ3v) is 1.97. The van der Waals surface area contributed by atoms with E-state index in [1.807, 2.05) is 0 Å². The lowest BCUT2D eigenvalue weighted by atomic mass is 10.0. The van der Waals surface area contributed by atoms with E-state index in [0.717, 1.165) is 12.1 Å². The van der Waals surface area contributed by atoms with Gasteiger partial charge in [0.05, 0.1) is 6.10 Å². The monoisotopic (exact) mass is 253 g/mol. The van der Waals surface area contributed by atoms with Gasteiger partial charge in [-0.2, -0.15) is 0 Å². The van der Waals surface area contributed by atoms with Crippen molar-refractivity contribution in [3.05, 3.63) is 29.6 Å². The van der Waals surface area contributed by atoms with E-state index in [9.17, 15) is 22.7 Å².